The van der Waals surface area contributed by atoms with E-state index in [1.807, 2.05) is 11.3 Å². The highest BCUT2D eigenvalue weighted by Gasteiger charge is 2.23. The normalized spacial score (nSPS) is 14.8. The Kier molecular flexibility index (Phi) is 3.14. The molecule has 2 aromatic rings. The van der Waals surface area contributed by atoms with E-state index < -0.39 is 0 Å². The number of anilines is 2. The Morgan fingerprint density at radius 3 is 3.00 bits per heavy atom. The van der Waals surface area contributed by atoms with Gasteiger partial charge in [0.15, 0.2) is 0 Å². The minimum atomic E-state index is 0.333. The van der Waals surface area contributed by atoms with Crippen LogP contribution >= 0.6 is 11.3 Å². The number of nitrogens with two attached hydrogens (primary N) is 1. The van der Waals surface area contributed by atoms with Gasteiger partial charge in [0.2, 0.25) is 0 Å². The van der Waals surface area contributed by atoms with Crippen molar-refractivity contribution in [2.45, 2.75) is 32.7 Å². The van der Waals surface area contributed by atoms with Gasteiger partial charge in [0.1, 0.15) is 18.0 Å². The van der Waals surface area contributed by atoms with Crippen molar-refractivity contribution in [1.29, 1.82) is 0 Å². The van der Waals surface area contributed by atoms with Crippen LogP contribution in [0.4, 0.5) is 11.6 Å². The summed E-state index contributed by atoms with van der Waals surface area (Å²) in [6, 6.07) is 2.21. The molecule has 0 atom stereocenters. The van der Waals surface area contributed by atoms with E-state index in [1.54, 1.807) is 6.33 Å². The van der Waals surface area contributed by atoms with Crippen LogP contribution in [-0.4, -0.2) is 16.5 Å². The summed E-state index contributed by atoms with van der Waals surface area (Å²) in [5, 5.41) is 2.17. The summed E-state index contributed by atoms with van der Waals surface area (Å²) in [5.74, 6) is 1.94. The largest absolute Gasteiger partial charge is 0.383 e. The Morgan fingerprint density at radius 2 is 2.21 bits per heavy atom. The van der Waals surface area contributed by atoms with Gasteiger partial charge in [-0.3, -0.25) is 0 Å². The first-order valence-corrected chi connectivity index (χ1v) is 7.45. The standard InChI is InChI=1S/C14H18N4S/c1-9(2)12-13(15)16-8-17-14(12)18-5-3-11-10(7-18)4-6-19-11/h4,6,8-9H,3,5,7H2,1-2H3,(H2,15,16,17). The van der Waals surface area contributed by atoms with Crippen LogP contribution in [0.5, 0.6) is 0 Å². The number of hydrogen-bond donors (Lipinski definition) is 1. The number of hydrogen-bond acceptors (Lipinski definition) is 5. The molecule has 0 radical (unpaired) electrons. The molecular formula is C14H18N4S. The Bertz CT molecular complexity index is 591. The molecule has 1 aliphatic rings. The van der Waals surface area contributed by atoms with E-state index in [2.05, 4.69) is 40.2 Å². The second-order valence-corrected chi connectivity index (χ2v) is 6.19. The van der Waals surface area contributed by atoms with Crippen LogP contribution in [0.2, 0.25) is 0 Å². The second kappa shape index (κ2) is 4.81. The van der Waals surface area contributed by atoms with Gasteiger partial charge in [-0.2, -0.15) is 0 Å². The lowest BCUT2D eigenvalue weighted by molar-refractivity contribution is 0.714. The predicted octanol–water partition coefficient (Wildman–Crippen LogP) is 2.81. The molecule has 0 spiro atoms. The van der Waals surface area contributed by atoms with Crippen LogP contribution < -0.4 is 10.6 Å². The number of rotatable bonds is 2. The van der Waals surface area contributed by atoms with Crippen LogP contribution in [0.15, 0.2) is 17.8 Å². The Morgan fingerprint density at radius 1 is 1.37 bits per heavy atom. The summed E-state index contributed by atoms with van der Waals surface area (Å²) in [6.07, 6.45) is 2.66. The van der Waals surface area contributed by atoms with Crippen molar-refractivity contribution in [2.24, 2.45) is 0 Å². The zero-order chi connectivity index (χ0) is 13.4. The zero-order valence-electron chi connectivity index (χ0n) is 11.3. The fourth-order valence-electron chi connectivity index (χ4n) is 2.63. The number of nitrogens with zero attached hydrogens (tertiary/aromatic N) is 3. The molecule has 1 aliphatic heterocycles. The summed E-state index contributed by atoms with van der Waals surface area (Å²) in [7, 11) is 0. The number of nitrogen functional groups attached to an aromatic ring is 1. The number of fused-ring (bicyclic) bond motifs is 1. The van der Waals surface area contributed by atoms with Gasteiger partial charge < -0.3 is 10.6 Å². The highest BCUT2D eigenvalue weighted by Crippen LogP contribution is 2.33. The molecule has 3 heterocycles. The quantitative estimate of drug-likeness (QED) is 0.915. The second-order valence-electron chi connectivity index (χ2n) is 5.19. The van der Waals surface area contributed by atoms with Gasteiger partial charge in [-0.15, -0.1) is 11.3 Å². The van der Waals surface area contributed by atoms with Crippen LogP contribution in [0.25, 0.3) is 0 Å². The Balaban J connectivity index is 1.98. The summed E-state index contributed by atoms with van der Waals surface area (Å²) in [6.45, 7) is 6.20. The van der Waals surface area contributed by atoms with Crippen molar-refractivity contribution in [3.05, 3.63) is 33.8 Å². The van der Waals surface area contributed by atoms with E-state index in [4.69, 9.17) is 5.73 Å². The van der Waals surface area contributed by atoms with Crippen molar-refractivity contribution in [1.82, 2.24) is 9.97 Å². The van der Waals surface area contributed by atoms with E-state index in [9.17, 15) is 0 Å². The van der Waals surface area contributed by atoms with Crippen LogP contribution in [-0.2, 0) is 13.0 Å². The summed E-state index contributed by atoms with van der Waals surface area (Å²) in [5.41, 5.74) is 8.52. The summed E-state index contributed by atoms with van der Waals surface area (Å²) < 4.78 is 0. The molecule has 0 saturated carbocycles. The molecular weight excluding hydrogens is 256 g/mol. The van der Waals surface area contributed by atoms with Crippen molar-refractivity contribution in [3.8, 4) is 0 Å². The van der Waals surface area contributed by atoms with E-state index in [-0.39, 0.29) is 0 Å². The van der Waals surface area contributed by atoms with E-state index in [1.165, 1.54) is 10.4 Å². The van der Waals surface area contributed by atoms with Gasteiger partial charge in [-0.25, -0.2) is 9.97 Å². The van der Waals surface area contributed by atoms with Crippen LogP contribution in [0, 0.1) is 0 Å². The van der Waals surface area contributed by atoms with Crippen molar-refractivity contribution in [2.75, 3.05) is 17.2 Å². The minimum Gasteiger partial charge on any atom is -0.383 e. The maximum absolute atomic E-state index is 6.03. The Hall–Kier alpha value is -1.62. The first-order chi connectivity index (χ1) is 9.16. The molecule has 5 heteroatoms. The number of thiophene rings is 1. The number of aromatic nitrogens is 2. The highest BCUT2D eigenvalue weighted by atomic mass is 32.1. The highest BCUT2D eigenvalue weighted by molar-refractivity contribution is 7.10. The van der Waals surface area contributed by atoms with Crippen molar-refractivity contribution >= 4 is 23.0 Å². The van der Waals surface area contributed by atoms with Gasteiger partial charge in [0.05, 0.1) is 0 Å². The molecule has 0 unspecified atom stereocenters. The van der Waals surface area contributed by atoms with E-state index in [0.29, 0.717) is 11.7 Å². The molecule has 19 heavy (non-hydrogen) atoms. The predicted molar refractivity (Wildman–Crippen MR) is 79.6 cm³/mol. The average molecular weight is 274 g/mol. The monoisotopic (exact) mass is 274 g/mol. The molecule has 3 rings (SSSR count). The molecule has 2 aromatic heterocycles. The van der Waals surface area contributed by atoms with Crippen molar-refractivity contribution < 1.29 is 0 Å². The molecule has 0 aromatic carbocycles. The molecule has 0 aliphatic carbocycles. The summed E-state index contributed by atoms with van der Waals surface area (Å²) >= 11 is 1.85. The minimum absolute atomic E-state index is 0.333. The van der Waals surface area contributed by atoms with Crippen LogP contribution in [0.1, 0.15) is 35.8 Å². The maximum Gasteiger partial charge on any atom is 0.137 e. The molecule has 100 valence electrons. The lowest BCUT2D eigenvalue weighted by atomic mass is 10.0. The SMILES string of the molecule is CC(C)c1c(N)ncnc1N1CCc2sccc2C1. The van der Waals surface area contributed by atoms with E-state index in [0.717, 1.165) is 30.9 Å². The zero-order valence-corrected chi connectivity index (χ0v) is 12.1. The first-order valence-electron chi connectivity index (χ1n) is 6.57. The average Bonchev–Trinajstić information content (AvgIpc) is 2.85. The van der Waals surface area contributed by atoms with Gasteiger partial charge in [-0.05, 0) is 29.3 Å². The topological polar surface area (TPSA) is 55.0 Å². The van der Waals surface area contributed by atoms with Crippen LogP contribution in [0.3, 0.4) is 0 Å². The first kappa shape index (κ1) is 12.4. The lowest BCUT2D eigenvalue weighted by Gasteiger charge is -2.30. The van der Waals surface area contributed by atoms with Gasteiger partial charge >= 0.3 is 0 Å². The Labute approximate surface area is 117 Å². The molecule has 0 bridgehead atoms. The third-order valence-electron chi connectivity index (χ3n) is 3.58. The third kappa shape index (κ3) is 2.18. The fraction of sp³-hybridized carbons (Fsp3) is 0.429. The van der Waals surface area contributed by atoms with Gasteiger partial charge in [0, 0.05) is 23.5 Å². The molecule has 4 nitrogen and oxygen atoms in total. The molecule has 0 saturated heterocycles. The molecule has 0 fully saturated rings. The lowest BCUT2D eigenvalue weighted by Crippen LogP contribution is -2.31. The smallest absolute Gasteiger partial charge is 0.137 e. The third-order valence-corrected chi connectivity index (χ3v) is 4.60. The summed E-state index contributed by atoms with van der Waals surface area (Å²) in [4.78, 5) is 12.4. The fourth-order valence-corrected chi connectivity index (χ4v) is 3.52. The van der Waals surface area contributed by atoms with Crippen molar-refractivity contribution in [3.63, 3.8) is 0 Å². The van der Waals surface area contributed by atoms with E-state index >= 15 is 0 Å². The van der Waals surface area contributed by atoms with Gasteiger partial charge in [-0.1, -0.05) is 13.8 Å². The maximum atomic E-state index is 6.03. The van der Waals surface area contributed by atoms with Gasteiger partial charge in [0.25, 0.3) is 0 Å². The molecule has 0 amide bonds. The molecule has 2 N–H and O–H groups in total.